The largest absolute Gasteiger partial charge is 0.463 e. The van der Waals surface area contributed by atoms with Crippen LogP contribution < -0.4 is 20.2 Å². The summed E-state index contributed by atoms with van der Waals surface area (Å²) in [6.07, 6.45) is 1.65. The number of carbonyl (C=O) groups excluding carboxylic acids is 1. The predicted octanol–water partition coefficient (Wildman–Crippen LogP) is 3.47. The van der Waals surface area contributed by atoms with Gasteiger partial charge < -0.3 is 10.1 Å². The van der Waals surface area contributed by atoms with E-state index in [1.165, 1.54) is 11.3 Å². The fourth-order valence-corrected chi connectivity index (χ4v) is 4.53. The molecule has 0 saturated carbocycles. The summed E-state index contributed by atoms with van der Waals surface area (Å²) in [6.45, 7) is 3.76. The second kappa shape index (κ2) is 8.91. The highest BCUT2D eigenvalue weighted by Crippen LogP contribution is 2.30. The molecule has 0 spiro atoms. The molecule has 0 saturated heterocycles. The number of hydrogen-bond donors (Lipinski definition) is 1. The maximum atomic E-state index is 13.4. The second-order valence-electron chi connectivity index (χ2n) is 6.86. The van der Waals surface area contributed by atoms with Gasteiger partial charge in [-0.15, -0.1) is 0 Å². The van der Waals surface area contributed by atoms with Crippen molar-refractivity contribution in [1.29, 1.82) is 0 Å². The Balaban J connectivity index is 1.84. The summed E-state index contributed by atoms with van der Waals surface area (Å²) in [6, 6.07) is 16.0. The van der Waals surface area contributed by atoms with Gasteiger partial charge in [0.25, 0.3) is 5.56 Å². The number of thiazole rings is 1. The number of aromatic nitrogens is 1. The van der Waals surface area contributed by atoms with Gasteiger partial charge in [0.2, 0.25) is 0 Å². The number of nitrogens with zero attached hydrogens (tertiary/aromatic N) is 2. The second-order valence-corrected chi connectivity index (χ2v) is 8.31. The first-order valence-electron chi connectivity index (χ1n) is 9.74. The Hall–Kier alpha value is -3.16. The maximum absolute atomic E-state index is 13.4. The zero-order chi connectivity index (χ0) is 22.0. The molecular weight excluding hydrogens is 434 g/mol. The zero-order valence-electron chi connectivity index (χ0n) is 17.0. The lowest BCUT2D eigenvalue weighted by molar-refractivity contribution is -0.139. The molecule has 1 N–H and O–H groups in total. The van der Waals surface area contributed by atoms with E-state index in [-0.39, 0.29) is 12.2 Å². The lowest BCUT2D eigenvalue weighted by atomic mass is 9.96. The number of halogens is 1. The first-order chi connectivity index (χ1) is 15.0. The third kappa shape index (κ3) is 4.19. The summed E-state index contributed by atoms with van der Waals surface area (Å²) in [4.78, 5) is 31.2. The number of ether oxygens (including phenoxy) is 1. The SMILES string of the molecule is CCOC(=O)C1=C(C)N=c2s/c(=C\Nc3ccc(Cl)cc3)c(=O)n2[C@@H]1c1ccccc1. The van der Waals surface area contributed by atoms with Crippen molar-refractivity contribution in [3.05, 3.63) is 96.1 Å². The predicted molar refractivity (Wildman–Crippen MR) is 123 cm³/mol. The third-order valence-electron chi connectivity index (χ3n) is 4.85. The van der Waals surface area contributed by atoms with Crippen LogP contribution in [0.25, 0.3) is 6.20 Å². The highest BCUT2D eigenvalue weighted by Gasteiger charge is 2.33. The van der Waals surface area contributed by atoms with Gasteiger partial charge in [-0.25, -0.2) is 9.79 Å². The average molecular weight is 454 g/mol. The summed E-state index contributed by atoms with van der Waals surface area (Å²) in [7, 11) is 0. The van der Waals surface area contributed by atoms with E-state index in [4.69, 9.17) is 16.3 Å². The third-order valence-corrected chi connectivity index (χ3v) is 6.08. The number of anilines is 1. The minimum Gasteiger partial charge on any atom is -0.463 e. The molecular formula is C23H20ClN3O3S. The smallest absolute Gasteiger partial charge is 0.338 e. The molecule has 1 aliphatic heterocycles. The molecule has 6 nitrogen and oxygen atoms in total. The van der Waals surface area contributed by atoms with E-state index in [2.05, 4.69) is 10.3 Å². The molecule has 3 aromatic rings. The number of benzene rings is 2. The maximum Gasteiger partial charge on any atom is 0.338 e. The van der Waals surface area contributed by atoms with Crippen LogP contribution in [0, 0.1) is 0 Å². The van der Waals surface area contributed by atoms with E-state index < -0.39 is 12.0 Å². The fraction of sp³-hybridized carbons (Fsp3) is 0.174. The average Bonchev–Trinajstić information content (AvgIpc) is 3.08. The van der Waals surface area contributed by atoms with Crippen molar-refractivity contribution in [1.82, 2.24) is 4.57 Å². The number of nitrogens with one attached hydrogen (secondary N) is 1. The number of esters is 1. The van der Waals surface area contributed by atoms with Crippen molar-refractivity contribution < 1.29 is 9.53 Å². The highest BCUT2D eigenvalue weighted by atomic mass is 35.5. The van der Waals surface area contributed by atoms with E-state index in [1.54, 1.807) is 36.7 Å². The topological polar surface area (TPSA) is 72.7 Å². The van der Waals surface area contributed by atoms with Crippen LogP contribution in [0.1, 0.15) is 25.5 Å². The fourth-order valence-electron chi connectivity index (χ4n) is 3.44. The van der Waals surface area contributed by atoms with E-state index >= 15 is 0 Å². The lowest BCUT2D eigenvalue weighted by Gasteiger charge is -2.24. The van der Waals surface area contributed by atoms with E-state index in [9.17, 15) is 9.59 Å². The standard InChI is InChI=1S/C23H20ClN3O3S/c1-3-30-22(29)19-14(2)26-23-27(20(19)15-7-5-4-6-8-15)21(28)18(31-23)13-25-17-11-9-16(24)10-12-17/h4-13,20,25H,3H2,1-2H3/b18-13-/t20-/m1/s1. The van der Waals surface area contributed by atoms with Crippen molar-refractivity contribution >= 4 is 40.8 Å². The van der Waals surface area contributed by atoms with Gasteiger partial charge in [0.05, 0.1) is 23.9 Å². The molecule has 2 aromatic carbocycles. The van der Waals surface area contributed by atoms with Crippen molar-refractivity contribution in [2.24, 2.45) is 4.99 Å². The summed E-state index contributed by atoms with van der Waals surface area (Å²) < 4.78 is 7.32. The van der Waals surface area contributed by atoms with E-state index in [1.807, 2.05) is 42.5 Å². The van der Waals surface area contributed by atoms with Gasteiger partial charge in [-0.3, -0.25) is 9.36 Å². The van der Waals surface area contributed by atoms with Crippen LogP contribution in [0.2, 0.25) is 5.02 Å². The number of rotatable bonds is 5. The van der Waals surface area contributed by atoms with Gasteiger partial charge in [0.1, 0.15) is 4.53 Å². The minimum absolute atomic E-state index is 0.228. The number of fused-ring (bicyclic) bond motifs is 1. The lowest BCUT2D eigenvalue weighted by Crippen LogP contribution is -2.40. The summed E-state index contributed by atoms with van der Waals surface area (Å²) in [5, 5.41) is 3.76. The Morgan fingerprint density at radius 2 is 1.94 bits per heavy atom. The molecule has 0 radical (unpaired) electrons. The van der Waals surface area contributed by atoms with Gasteiger partial charge in [-0.1, -0.05) is 53.3 Å². The van der Waals surface area contributed by atoms with Gasteiger partial charge in [0, 0.05) is 16.9 Å². The first kappa shape index (κ1) is 21.1. The monoisotopic (exact) mass is 453 g/mol. The van der Waals surface area contributed by atoms with Crippen LogP contribution in [0.4, 0.5) is 5.69 Å². The van der Waals surface area contributed by atoms with Crippen LogP contribution in [0.3, 0.4) is 0 Å². The molecule has 2 heterocycles. The molecule has 8 heteroatoms. The highest BCUT2D eigenvalue weighted by molar-refractivity contribution is 7.07. The van der Waals surface area contributed by atoms with E-state index in [0.29, 0.717) is 25.6 Å². The molecule has 1 aliphatic rings. The van der Waals surface area contributed by atoms with Crippen LogP contribution in [0.5, 0.6) is 0 Å². The molecule has 0 aliphatic carbocycles. The van der Waals surface area contributed by atoms with E-state index in [0.717, 1.165) is 11.3 Å². The minimum atomic E-state index is -0.603. The van der Waals surface area contributed by atoms with Crippen molar-refractivity contribution in [2.75, 3.05) is 11.9 Å². The Morgan fingerprint density at radius 3 is 2.61 bits per heavy atom. The summed E-state index contributed by atoms with van der Waals surface area (Å²) in [5.74, 6) is -0.467. The Morgan fingerprint density at radius 1 is 1.23 bits per heavy atom. The first-order valence-corrected chi connectivity index (χ1v) is 10.9. The normalized spacial score (nSPS) is 16.0. The molecule has 0 bridgehead atoms. The van der Waals surface area contributed by atoms with Gasteiger partial charge >= 0.3 is 5.97 Å². The Labute approximate surface area is 187 Å². The van der Waals surface area contributed by atoms with Gasteiger partial charge in [0.15, 0.2) is 4.80 Å². The van der Waals surface area contributed by atoms with Crippen LogP contribution in [0.15, 0.2) is 75.7 Å². The van der Waals surface area contributed by atoms with Crippen molar-refractivity contribution in [3.63, 3.8) is 0 Å². The molecule has 158 valence electrons. The van der Waals surface area contributed by atoms with Gasteiger partial charge in [-0.05, 0) is 43.7 Å². The van der Waals surface area contributed by atoms with Gasteiger partial charge in [-0.2, -0.15) is 0 Å². The summed E-state index contributed by atoms with van der Waals surface area (Å²) in [5.41, 5.74) is 2.31. The van der Waals surface area contributed by atoms with Crippen molar-refractivity contribution in [2.45, 2.75) is 19.9 Å². The molecule has 0 amide bonds. The van der Waals surface area contributed by atoms with Crippen LogP contribution >= 0.6 is 22.9 Å². The molecule has 31 heavy (non-hydrogen) atoms. The Kier molecular flexibility index (Phi) is 6.06. The van der Waals surface area contributed by atoms with Crippen LogP contribution in [-0.4, -0.2) is 17.1 Å². The number of allylic oxidation sites excluding steroid dienone is 1. The Bertz CT molecular complexity index is 1330. The zero-order valence-corrected chi connectivity index (χ0v) is 18.5. The molecule has 0 fully saturated rings. The number of carbonyl (C=O) groups is 1. The molecule has 1 aromatic heterocycles. The number of hydrogen-bond acceptors (Lipinski definition) is 6. The van der Waals surface area contributed by atoms with Crippen LogP contribution in [-0.2, 0) is 9.53 Å². The molecule has 4 rings (SSSR count). The molecule has 1 atom stereocenters. The van der Waals surface area contributed by atoms with Crippen molar-refractivity contribution in [3.8, 4) is 0 Å². The summed E-state index contributed by atoms with van der Waals surface area (Å²) >= 11 is 7.20. The quantitative estimate of drug-likeness (QED) is 0.600. The molecule has 0 unspecified atom stereocenters.